The molecule has 2 heterocycles. The van der Waals surface area contributed by atoms with Crippen molar-refractivity contribution in [2.24, 2.45) is 0 Å². The Morgan fingerprint density at radius 3 is 2.86 bits per heavy atom. The zero-order chi connectivity index (χ0) is 9.80. The number of pyridine rings is 1. The minimum Gasteiger partial charge on any atom is -0.373 e. The van der Waals surface area contributed by atoms with Crippen LogP contribution in [0.5, 0.6) is 0 Å². The molecule has 2 rings (SSSR count). The van der Waals surface area contributed by atoms with Gasteiger partial charge in [0.2, 0.25) is 0 Å². The third-order valence-corrected chi connectivity index (χ3v) is 1.83. The molecule has 0 spiro atoms. The van der Waals surface area contributed by atoms with Gasteiger partial charge in [-0.25, -0.2) is 9.97 Å². The number of nitrogens with zero attached hydrogens (tertiary/aromatic N) is 3. The highest BCUT2D eigenvalue weighted by molar-refractivity contribution is 5.55. The summed E-state index contributed by atoms with van der Waals surface area (Å²) in [5, 5.41) is 2.97. The van der Waals surface area contributed by atoms with Crippen LogP contribution in [0.15, 0.2) is 36.8 Å². The predicted octanol–water partition coefficient (Wildman–Crippen LogP) is 1.58. The van der Waals surface area contributed by atoms with Crippen LogP contribution in [-0.2, 0) is 0 Å². The van der Waals surface area contributed by atoms with Crippen molar-refractivity contribution in [3.8, 4) is 11.4 Å². The zero-order valence-electron chi connectivity index (χ0n) is 7.81. The molecule has 0 aromatic carbocycles. The van der Waals surface area contributed by atoms with E-state index in [4.69, 9.17) is 0 Å². The van der Waals surface area contributed by atoms with Crippen LogP contribution in [0.4, 0.5) is 5.82 Å². The number of nitrogens with one attached hydrogen (secondary N) is 1. The fourth-order valence-electron chi connectivity index (χ4n) is 1.13. The average molecular weight is 186 g/mol. The molecule has 1 N–H and O–H groups in total. The second kappa shape index (κ2) is 3.83. The summed E-state index contributed by atoms with van der Waals surface area (Å²) >= 11 is 0. The van der Waals surface area contributed by atoms with Crippen LogP contribution < -0.4 is 5.32 Å². The Labute approximate surface area is 82.1 Å². The predicted molar refractivity (Wildman–Crippen MR) is 54.8 cm³/mol. The minimum absolute atomic E-state index is 0.685. The summed E-state index contributed by atoms with van der Waals surface area (Å²) in [6, 6.07) is 5.62. The van der Waals surface area contributed by atoms with Gasteiger partial charge >= 0.3 is 0 Å². The Morgan fingerprint density at radius 1 is 1.21 bits per heavy atom. The summed E-state index contributed by atoms with van der Waals surface area (Å²) in [5.41, 5.74) is 0.921. The lowest BCUT2D eigenvalue weighted by Gasteiger charge is -2.01. The highest BCUT2D eigenvalue weighted by Gasteiger charge is 2.00. The maximum atomic E-state index is 4.30. The number of anilines is 1. The molecular formula is C10H10N4. The summed E-state index contributed by atoms with van der Waals surface area (Å²) in [6.07, 6.45) is 5.20. The molecule has 0 saturated carbocycles. The molecule has 0 bridgehead atoms. The van der Waals surface area contributed by atoms with Gasteiger partial charge in [-0.2, -0.15) is 0 Å². The average Bonchev–Trinajstić information content (AvgIpc) is 2.30. The lowest BCUT2D eigenvalue weighted by molar-refractivity contribution is 1.16. The van der Waals surface area contributed by atoms with Crippen molar-refractivity contribution in [2.45, 2.75) is 0 Å². The zero-order valence-corrected chi connectivity index (χ0v) is 7.81. The van der Waals surface area contributed by atoms with Crippen LogP contribution in [0.2, 0.25) is 0 Å². The summed E-state index contributed by atoms with van der Waals surface area (Å²) in [5.74, 6) is 1.49. The van der Waals surface area contributed by atoms with Crippen molar-refractivity contribution in [3.63, 3.8) is 0 Å². The van der Waals surface area contributed by atoms with Gasteiger partial charge in [0.15, 0.2) is 5.82 Å². The molecule has 0 atom stereocenters. The first-order valence-corrected chi connectivity index (χ1v) is 4.31. The van der Waals surface area contributed by atoms with E-state index in [0.717, 1.165) is 11.4 Å². The van der Waals surface area contributed by atoms with E-state index in [0.29, 0.717) is 5.82 Å². The number of hydrogen-bond acceptors (Lipinski definition) is 4. The van der Waals surface area contributed by atoms with Gasteiger partial charge in [0.05, 0.1) is 0 Å². The van der Waals surface area contributed by atoms with Crippen LogP contribution in [0.3, 0.4) is 0 Å². The third kappa shape index (κ3) is 1.69. The Bertz CT molecular complexity index is 413. The molecule has 4 nitrogen and oxygen atoms in total. The molecule has 4 heteroatoms. The second-order valence-corrected chi connectivity index (χ2v) is 2.76. The van der Waals surface area contributed by atoms with E-state index in [1.807, 2.05) is 25.2 Å². The fraction of sp³-hybridized carbons (Fsp3) is 0.100. The Hall–Kier alpha value is -1.97. The molecular weight excluding hydrogens is 176 g/mol. The van der Waals surface area contributed by atoms with Crippen LogP contribution in [0.1, 0.15) is 0 Å². The molecule has 0 aliphatic heterocycles. The van der Waals surface area contributed by atoms with Crippen LogP contribution in [-0.4, -0.2) is 22.0 Å². The van der Waals surface area contributed by atoms with Crippen molar-refractivity contribution in [1.29, 1.82) is 0 Å². The van der Waals surface area contributed by atoms with Crippen molar-refractivity contribution in [1.82, 2.24) is 15.0 Å². The summed E-state index contributed by atoms with van der Waals surface area (Å²) in [4.78, 5) is 12.5. The van der Waals surface area contributed by atoms with Crippen molar-refractivity contribution in [2.75, 3.05) is 12.4 Å². The number of hydrogen-bond donors (Lipinski definition) is 1. The molecule has 0 fully saturated rings. The van der Waals surface area contributed by atoms with Crippen LogP contribution in [0.25, 0.3) is 11.4 Å². The molecule has 0 aliphatic carbocycles. The molecule has 0 saturated heterocycles. The topological polar surface area (TPSA) is 50.7 Å². The van der Waals surface area contributed by atoms with Crippen LogP contribution in [0, 0.1) is 0 Å². The van der Waals surface area contributed by atoms with Gasteiger partial charge in [0.1, 0.15) is 5.82 Å². The van der Waals surface area contributed by atoms with E-state index in [1.165, 1.54) is 0 Å². The molecule has 0 radical (unpaired) electrons. The molecule has 14 heavy (non-hydrogen) atoms. The van der Waals surface area contributed by atoms with Crippen LogP contribution >= 0.6 is 0 Å². The van der Waals surface area contributed by atoms with Crippen molar-refractivity contribution in [3.05, 3.63) is 36.8 Å². The standard InChI is InChI=1S/C10H10N4/c1-11-9-4-6-13-10(14-9)8-3-2-5-12-7-8/h2-7H,1H3,(H,11,13,14). The first-order chi connectivity index (χ1) is 6.90. The number of aromatic nitrogens is 3. The summed E-state index contributed by atoms with van der Waals surface area (Å²) in [6.45, 7) is 0. The molecule has 0 amide bonds. The first kappa shape index (κ1) is 8.62. The van der Waals surface area contributed by atoms with E-state index in [1.54, 1.807) is 18.6 Å². The maximum Gasteiger partial charge on any atom is 0.163 e. The Balaban J connectivity index is 2.42. The quantitative estimate of drug-likeness (QED) is 0.773. The highest BCUT2D eigenvalue weighted by Crippen LogP contribution is 2.13. The van der Waals surface area contributed by atoms with E-state index in [-0.39, 0.29) is 0 Å². The van der Waals surface area contributed by atoms with Gasteiger partial charge < -0.3 is 5.32 Å². The molecule has 0 unspecified atom stereocenters. The largest absolute Gasteiger partial charge is 0.373 e. The molecule has 2 aromatic rings. The lowest BCUT2D eigenvalue weighted by atomic mass is 10.3. The third-order valence-electron chi connectivity index (χ3n) is 1.83. The molecule has 0 aliphatic rings. The van der Waals surface area contributed by atoms with E-state index < -0.39 is 0 Å². The maximum absolute atomic E-state index is 4.30. The van der Waals surface area contributed by atoms with E-state index in [2.05, 4.69) is 20.3 Å². The second-order valence-electron chi connectivity index (χ2n) is 2.76. The lowest BCUT2D eigenvalue weighted by Crippen LogP contribution is -1.95. The van der Waals surface area contributed by atoms with Gasteiger partial charge in [0.25, 0.3) is 0 Å². The molecule has 2 aromatic heterocycles. The summed E-state index contributed by atoms with van der Waals surface area (Å²) < 4.78 is 0. The van der Waals surface area contributed by atoms with Gasteiger partial charge in [-0.05, 0) is 18.2 Å². The Kier molecular flexibility index (Phi) is 2.36. The minimum atomic E-state index is 0.685. The SMILES string of the molecule is CNc1ccnc(-c2cccnc2)n1. The monoisotopic (exact) mass is 186 g/mol. The van der Waals surface area contributed by atoms with Gasteiger partial charge in [-0.15, -0.1) is 0 Å². The normalized spacial score (nSPS) is 9.79. The van der Waals surface area contributed by atoms with Crippen molar-refractivity contribution >= 4 is 5.82 Å². The van der Waals surface area contributed by atoms with Gasteiger partial charge in [0, 0.05) is 31.2 Å². The van der Waals surface area contributed by atoms with E-state index >= 15 is 0 Å². The van der Waals surface area contributed by atoms with Gasteiger partial charge in [-0.1, -0.05) is 0 Å². The highest BCUT2D eigenvalue weighted by atomic mass is 15.0. The summed E-state index contributed by atoms with van der Waals surface area (Å²) in [7, 11) is 1.83. The first-order valence-electron chi connectivity index (χ1n) is 4.31. The fourth-order valence-corrected chi connectivity index (χ4v) is 1.13. The number of rotatable bonds is 2. The van der Waals surface area contributed by atoms with Crippen molar-refractivity contribution < 1.29 is 0 Å². The Morgan fingerprint density at radius 2 is 2.14 bits per heavy atom. The van der Waals surface area contributed by atoms with E-state index in [9.17, 15) is 0 Å². The smallest absolute Gasteiger partial charge is 0.163 e. The van der Waals surface area contributed by atoms with Gasteiger partial charge in [-0.3, -0.25) is 4.98 Å². The molecule has 70 valence electrons.